The van der Waals surface area contributed by atoms with Gasteiger partial charge in [0.1, 0.15) is 0 Å². The third-order valence-corrected chi connectivity index (χ3v) is 3.28. The first-order valence-corrected chi connectivity index (χ1v) is 5.66. The number of benzene rings is 1. The number of nitrogens with two attached hydrogens (primary N) is 1. The lowest BCUT2D eigenvalue weighted by Gasteiger charge is -2.23. The quantitative estimate of drug-likeness (QED) is 0.587. The molecular weight excluding hydrogens is 198 g/mol. The summed E-state index contributed by atoms with van der Waals surface area (Å²) in [6.07, 6.45) is 3.16. The van der Waals surface area contributed by atoms with Crippen molar-refractivity contribution in [3.63, 3.8) is 0 Å². The molecule has 16 heavy (non-hydrogen) atoms. The number of rotatable bonds is 2. The Hall–Kier alpha value is -1.46. The van der Waals surface area contributed by atoms with Crippen LogP contribution in [0.25, 0.3) is 0 Å². The summed E-state index contributed by atoms with van der Waals surface area (Å²) in [5, 5.41) is 10.6. The highest BCUT2D eigenvalue weighted by atomic mass is 16.3. The molecule has 0 fully saturated rings. The summed E-state index contributed by atoms with van der Waals surface area (Å²) in [5.41, 5.74) is 8.05. The summed E-state index contributed by atoms with van der Waals surface area (Å²) in [7, 11) is 0. The van der Waals surface area contributed by atoms with Gasteiger partial charge in [0.05, 0.1) is 5.60 Å². The second-order valence-corrected chi connectivity index (χ2v) is 4.37. The van der Waals surface area contributed by atoms with Crippen molar-refractivity contribution in [3.8, 4) is 11.8 Å². The molecule has 1 aliphatic rings. The number of hydrogen-bond acceptors (Lipinski definition) is 2. The van der Waals surface area contributed by atoms with Crippen LogP contribution in [0.15, 0.2) is 18.2 Å². The normalized spacial score (nSPS) is 22.4. The van der Waals surface area contributed by atoms with Gasteiger partial charge in [-0.1, -0.05) is 6.07 Å². The number of fused-ring (bicyclic) bond motifs is 1. The highest BCUT2D eigenvalue weighted by molar-refractivity contribution is 5.48. The first-order chi connectivity index (χ1) is 7.65. The SMILES string of the molecule is CC#CCCC1(O)CCc2cc(N)ccc21. The van der Waals surface area contributed by atoms with E-state index in [1.54, 1.807) is 0 Å². The smallest absolute Gasteiger partial charge is 0.0911 e. The second kappa shape index (κ2) is 4.19. The van der Waals surface area contributed by atoms with Gasteiger partial charge in [0.2, 0.25) is 0 Å². The van der Waals surface area contributed by atoms with Crippen molar-refractivity contribution in [3.05, 3.63) is 29.3 Å². The van der Waals surface area contributed by atoms with Crippen LogP contribution >= 0.6 is 0 Å². The molecule has 1 aliphatic carbocycles. The molecule has 0 radical (unpaired) electrons. The maximum atomic E-state index is 10.6. The van der Waals surface area contributed by atoms with E-state index < -0.39 is 5.60 Å². The maximum absolute atomic E-state index is 10.6. The molecule has 1 aromatic carbocycles. The minimum absolute atomic E-state index is 0.688. The fourth-order valence-electron chi connectivity index (χ4n) is 2.40. The van der Waals surface area contributed by atoms with Gasteiger partial charge in [0.25, 0.3) is 0 Å². The maximum Gasteiger partial charge on any atom is 0.0911 e. The van der Waals surface area contributed by atoms with E-state index >= 15 is 0 Å². The molecule has 1 unspecified atom stereocenters. The average molecular weight is 215 g/mol. The Bertz CT molecular complexity index is 456. The van der Waals surface area contributed by atoms with Crippen LogP contribution in [-0.2, 0) is 12.0 Å². The van der Waals surface area contributed by atoms with E-state index in [0.717, 1.165) is 30.5 Å². The average Bonchev–Trinajstić information content (AvgIpc) is 2.57. The van der Waals surface area contributed by atoms with Gasteiger partial charge >= 0.3 is 0 Å². The predicted octanol–water partition coefficient (Wildman–Crippen LogP) is 2.21. The van der Waals surface area contributed by atoms with Crippen molar-refractivity contribution in [1.29, 1.82) is 0 Å². The fourth-order valence-corrected chi connectivity index (χ4v) is 2.40. The molecule has 1 atom stereocenters. The van der Waals surface area contributed by atoms with Crippen LogP contribution in [0.2, 0.25) is 0 Å². The van der Waals surface area contributed by atoms with Gasteiger partial charge in [-0.15, -0.1) is 11.8 Å². The van der Waals surface area contributed by atoms with E-state index in [1.807, 2.05) is 25.1 Å². The Balaban J connectivity index is 2.23. The summed E-state index contributed by atoms with van der Waals surface area (Å²) in [6, 6.07) is 5.79. The van der Waals surface area contributed by atoms with Gasteiger partial charge in [-0.05, 0) is 49.4 Å². The van der Waals surface area contributed by atoms with Crippen LogP contribution in [0.3, 0.4) is 0 Å². The molecule has 2 heteroatoms. The van der Waals surface area contributed by atoms with Crippen LogP contribution in [0, 0.1) is 11.8 Å². The third-order valence-electron chi connectivity index (χ3n) is 3.28. The minimum atomic E-state index is -0.688. The second-order valence-electron chi connectivity index (χ2n) is 4.37. The minimum Gasteiger partial charge on any atom is -0.399 e. The summed E-state index contributed by atoms with van der Waals surface area (Å²) in [5.74, 6) is 5.87. The topological polar surface area (TPSA) is 46.2 Å². The highest BCUT2D eigenvalue weighted by Crippen LogP contribution is 2.40. The molecule has 0 amide bonds. The molecule has 0 saturated carbocycles. The first-order valence-electron chi connectivity index (χ1n) is 5.66. The molecule has 2 rings (SSSR count). The summed E-state index contributed by atoms with van der Waals surface area (Å²) in [4.78, 5) is 0. The number of nitrogen functional groups attached to an aromatic ring is 1. The summed E-state index contributed by atoms with van der Waals surface area (Å²) in [6.45, 7) is 1.83. The zero-order chi connectivity index (χ0) is 11.6. The van der Waals surface area contributed by atoms with E-state index in [-0.39, 0.29) is 0 Å². The van der Waals surface area contributed by atoms with E-state index in [1.165, 1.54) is 5.56 Å². The van der Waals surface area contributed by atoms with Crippen molar-refractivity contribution >= 4 is 5.69 Å². The van der Waals surface area contributed by atoms with E-state index in [4.69, 9.17) is 5.73 Å². The van der Waals surface area contributed by atoms with Crippen molar-refractivity contribution in [2.24, 2.45) is 0 Å². The molecule has 0 aliphatic heterocycles. The van der Waals surface area contributed by atoms with Gasteiger partial charge in [0.15, 0.2) is 0 Å². The van der Waals surface area contributed by atoms with Crippen molar-refractivity contribution in [1.82, 2.24) is 0 Å². The molecule has 0 aromatic heterocycles. The number of aryl methyl sites for hydroxylation is 1. The molecule has 1 aromatic rings. The Morgan fingerprint density at radius 2 is 2.31 bits per heavy atom. The van der Waals surface area contributed by atoms with Crippen LogP contribution in [-0.4, -0.2) is 5.11 Å². The standard InChI is InChI=1S/C14H17NO/c1-2-3-4-8-14(16)9-7-11-10-12(15)5-6-13(11)14/h5-6,10,16H,4,7-9,15H2,1H3. The van der Waals surface area contributed by atoms with Gasteiger partial charge in [-0.3, -0.25) is 0 Å². The number of hydrogen-bond donors (Lipinski definition) is 2. The van der Waals surface area contributed by atoms with Crippen LogP contribution < -0.4 is 5.73 Å². The monoisotopic (exact) mass is 215 g/mol. The number of aliphatic hydroxyl groups is 1. The molecular formula is C14H17NO. The summed E-state index contributed by atoms with van der Waals surface area (Å²) >= 11 is 0. The first kappa shape index (κ1) is 11.0. The lowest BCUT2D eigenvalue weighted by Crippen LogP contribution is -2.21. The van der Waals surface area contributed by atoms with Gasteiger partial charge in [-0.2, -0.15) is 0 Å². The number of anilines is 1. The fraction of sp³-hybridized carbons (Fsp3) is 0.429. The third kappa shape index (κ3) is 1.91. The van der Waals surface area contributed by atoms with Crippen LogP contribution in [0.5, 0.6) is 0 Å². The predicted molar refractivity (Wildman–Crippen MR) is 65.8 cm³/mol. The Morgan fingerprint density at radius 1 is 1.50 bits per heavy atom. The zero-order valence-electron chi connectivity index (χ0n) is 9.59. The summed E-state index contributed by atoms with van der Waals surface area (Å²) < 4.78 is 0. The molecule has 3 N–H and O–H groups in total. The van der Waals surface area contributed by atoms with Crippen molar-refractivity contribution in [2.45, 2.75) is 38.2 Å². The lowest BCUT2D eigenvalue weighted by molar-refractivity contribution is 0.0310. The molecule has 0 heterocycles. The lowest BCUT2D eigenvalue weighted by atomic mass is 9.91. The van der Waals surface area contributed by atoms with Crippen molar-refractivity contribution in [2.75, 3.05) is 5.73 Å². The molecule has 2 nitrogen and oxygen atoms in total. The zero-order valence-corrected chi connectivity index (χ0v) is 9.59. The van der Waals surface area contributed by atoms with E-state index in [0.29, 0.717) is 6.42 Å². The Morgan fingerprint density at radius 3 is 3.06 bits per heavy atom. The Kier molecular flexibility index (Phi) is 2.89. The van der Waals surface area contributed by atoms with E-state index in [9.17, 15) is 5.11 Å². The van der Waals surface area contributed by atoms with Crippen LogP contribution in [0.4, 0.5) is 5.69 Å². The highest BCUT2D eigenvalue weighted by Gasteiger charge is 2.35. The largest absolute Gasteiger partial charge is 0.399 e. The van der Waals surface area contributed by atoms with E-state index in [2.05, 4.69) is 11.8 Å². The Labute approximate surface area is 96.5 Å². The molecule has 0 saturated heterocycles. The molecule has 84 valence electrons. The van der Waals surface area contributed by atoms with Crippen molar-refractivity contribution < 1.29 is 5.11 Å². The molecule has 0 spiro atoms. The van der Waals surface area contributed by atoms with Gasteiger partial charge in [0, 0.05) is 12.1 Å². The molecule has 0 bridgehead atoms. The van der Waals surface area contributed by atoms with Crippen LogP contribution in [0.1, 0.15) is 37.3 Å². The van der Waals surface area contributed by atoms with Gasteiger partial charge in [-0.25, -0.2) is 0 Å². The van der Waals surface area contributed by atoms with Gasteiger partial charge < -0.3 is 10.8 Å².